The topological polar surface area (TPSA) is 26.3 Å². The molecular formula is C17H26O2. The Labute approximate surface area is 116 Å². The molecule has 0 aliphatic heterocycles. The van der Waals surface area contributed by atoms with Crippen LogP contribution in [0, 0.1) is 28.6 Å². The predicted molar refractivity (Wildman–Crippen MR) is 75.5 cm³/mol. The standard InChI is InChI=1S/C17H26O2/c1-10-6-7-13-15(10)16(4)8-14(19-12(3)18)11(2)17(13,5)9-16/h10,13-15H,2,6-9H2,1,3-5H3/t10-,13?,14?,15?,16?,17-/m0/s1. The van der Waals surface area contributed by atoms with E-state index in [9.17, 15) is 4.79 Å². The first-order valence-corrected chi connectivity index (χ1v) is 7.64. The van der Waals surface area contributed by atoms with Crippen molar-refractivity contribution < 1.29 is 9.53 Å². The van der Waals surface area contributed by atoms with E-state index in [4.69, 9.17) is 4.74 Å². The molecule has 3 saturated carbocycles. The van der Waals surface area contributed by atoms with Gasteiger partial charge in [-0.3, -0.25) is 4.79 Å². The molecule has 0 saturated heterocycles. The van der Waals surface area contributed by atoms with E-state index in [2.05, 4.69) is 27.4 Å². The monoisotopic (exact) mass is 262 g/mol. The van der Waals surface area contributed by atoms with Crippen molar-refractivity contribution in [1.82, 2.24) is 0 Å². The van der Waals surface area contributed by atoms with E-state index < -0.39 is 0 Å². The summed E-state index contributed by atoms with van der Waals surface area (Å²) in [4.78, 5) is 11.3. The van der Waals surface area contributed by atoms with Crippen LogP contribution in [-0.4, -0.2) is 12.1 Å². The third kappa shape index (κ3) is 1.64. The average Bonchev–Trinajstić information content (AvgIpc) is 2.75. The molecule has 106 valence electrons. The fourth-order valence-electron chi connectivity index (χ4n) is 5.96. The SMILES string of the molecule is C=C1C(OC(C)=O)CC2(C)C[C@]1(C)C1CC[C@H](C)C12. The Hall–Kier alpha value is -0.790. The van der Waals surface area contributed by atoms with Crippen molar-refractivity contribution in [3.8, 4) is 0 Å². The van der Waals surface area contributed by atoms with Gasteiger partial charge in [0.05, 0.1) is 0 Å². The fourth-order valence-corrected chi connectivity index (χ4v) is 5.96. The Morgan fingerprint density at radius 1 is 1.37 bits per heavy atom. The maximum absolute atomic E-state index is 11.3. The molecule has 0 heterocycles. The lowest BCUT2D eigenvalue weighted by molar-refractivity contribution is -0.147. The minimum Gasteiger partial charge on any atom is -0.458 e. The van der Waals surface area contributed by atoms with E-state index >= 15 is 0 Å². The van der Waals surface area contributed by atoms with E-state index in [1.54, 1.807) is 0 Å². The predicted octanol–water partition coefficient (Wildman–Crippen LogP) is 3.96. The highest BCUT2D eigenvalue weighted by Gasteiger charge is 2.65. The number of carbonyl (C=O) groups excluding carboxylic acids is 1. The summed E-state index contributed by atoms with van der Waals surface area (Å²) in [5, 5.41) is 0. The molecule has 0 spiro atoms. The zero-order valence-electron chi connectivity index (χ0n) is 12.7. The van der Waals surface area contributed by atoms with Gasteiger partial charge in [0.1, 0.15) is 6.10 Å². The fraction of sp³-hybridized carbons (Fsp3) is 0.824. The quantitative estimate of drug-likeness (QED) is 0.528. The van der Waals surface area contributed by atoms with Crippen molar-refractivity contribution >= 4 is 5.97 Å². The van der Waals surface area contributed by atoms with Crippen LogP contribution < -0.4 is 0 Å². The van der Waals surface area contributed by atoms with Gasteiger partial charge in [0, 0.05) is 6.92 Å². The highest BCUT2D eigenvalue weighted by atomic mass is 16.5. The molecule has 0 aromatic carbocycles. The normalized spacial score (nSPS) is 52.1. The van der Waals surface area contributed by atoms with Crippen molar-refractivity contribution in [3.05, 3.63) is 12.2 Å². The van der Waals surface area contributed by atoms with Crippen LogP contribution in [0.5, 0.6) is 0 Å². The minimum absolute atomic E-state index is 0.0564. The van der Waals surface area contributed by atoms with Gasteiger partial charge in [-0.2, -0.15) is 0 Å². The van der Waals surface area contributed by atoms with Crippen molar-refractivity contribution in [2.75, 3.05) is 0 Å². The molecule has 3 aliphatic rings. The number of carbonyl (C=O) groups is 1. The molecule has 6 atom stereocenters. The second-order valence-electron chi connectivity index (χ2n) is 7.76. The van der Waals surface area contributed by atoms with Crippen molar-refractivity contribution in [3.63, 3.8) is 0 Å². The summed E-state index contributed by atoms with van der Waals surface area (Å²) in [5.74, 6) is 2.17. The first-order chi connectivity index (χ1) is 8.78. The number of hydrogen-bond acceptors (Lipinski definition) is 2. The molecule has 2 bridgehead atoms. The smallest absolute Gasteiger partial charge is 0.303 e. The van der Waals surface area contributed by atoms with Gasteiger partial charge < -0.3 is 4.74 Å². The number of ether oxygens (including phenoxy) is 1. The van der Waals surface area contributed by atoms with E-state index in [1.807, 2.05) is 0 Å². The summed E-state index contributed by atoms with van der Waals surface area (Å²) in [6.07, 6.45) is 4.83. The summed E-state index contributed by atoms with van der Waals surface area (Å²) in [6.45, 7) is 13.0. The van der Waals surface area contributed by atoms with Crippen LogP contribution in [0.15, 0.2) is 12.2 Å². The largest absolute Gasteiger partial charge is 0.458 e. The summed E-state index contributed by atoms with van der Waals surface area (Å²) in [5.41, 5.74) is 1.70. The van der Waals surface area contributed by atoms with Crippen LogP contribution in [-0.2, 0) is 9.53 Å². The maximum Gasteiger partial charge on any atom is 0.303 e. The van der Waals surface area contributed by atoms with Gasteiger partial charge in [-0.25, -0.2) is 0 Å². The van der Waals surface area contributed by atoms with Crippen molar-refractivity contribution in [1.29, 1.82) is 0 Å². The molecule has 2 heteroatoms. The third-order valence-corrected chi connectivity index (χ3v) is 6.46. The van der Waals surface area contributed by atoms with Crippen molar-refractivity contribution in [2.45, 2.75) is 59.5 Å². The van der Waals surface area contributed by atoms with Gasteiger partial charge in [0.25, 0.3) is 0 Å². The van der Waals surface area contributed by atoms with Gasteiger partial charge in [-0.1, -0.05) is 33.8 Å². The molecule has 2 nitrogen and oxygen atoms in total. The molecule has 4 unspecified atom stereocenters. The minimum atomic E-state index is -0.169. The van der Waals surface area contributed by atoms with Crippen LogP contribution >= 0.6 is 0 Å². The molecule has 0 radical (unpaired) electrons. The van der Waals surface area contributed by atoms with Gasteiger partial charge in [-0.05, 0) is 53.4 Å². The Kier molecular flexibility index (Phi) is 2.69. The number of hydrogen-bond donors (Lipinski definition) is 0. The van der Waals surface area contributed by atoms with Crippen LogP contribution in [0.25, 0.3) is 0 Å². The van der Waals surface area contributed by atoms with Crippen LogP contribution in [0.1, 0.15) is 53.4 Å². The summed E-state index contributed by atoms with van der Waals surface area (Å²) < 4.78 is 5.58. The third-order valence-electron chi connectivity index (χ3n) is 6.46. The van der Waals surface area contributed by atoms with Gasteiger partial charge in [0.2, 0.25) is 0 Å². The molecule has 3 rings (SSSR count). The van der Waals surface area contributed by atoms with E-state index in [-0.39, 0.29) is 17.5 Å². The Balaban J connectivity index is 1.98. The average molecular weight is 262 g/mol. The first-order valence-electron chi connectivity index (χ1n) is 7.64. The Morgan fingerprint density at radius 2 is 2.05 bits per heavy atom. The number of esters is 1. The van der Waals surface area contributed by atoms with E-state index in [0.717, 1.165) is 24.2 Å². The van der Waals surface area contributed by atoms with Crippen LogP contribution in [0.3, 0.4) is 0 Å². The van der Waals surface area contributed by atoms with E-state index in [0.29, 0.717) is 5.41 Å². The van der Waals surface area contributed by atoms with Gasteiger partial charge >= 0.3 is 5.97 Å². The summed E-state index contributed by atoms with van der Waals surface area (Å²) in [6, 6.07) is 0. The van der Waals surface area contributed by atoms with Crippen LogP contribution in [0.4, 0.5) is 0 Å². The summed E-state index contributed by atoms with van der Waals surface area (Å²) >= 11 is 0. The lowest BCUT2D eigenvalue weighted by Gasteiger charge is -2.44. The van der Waals surface area contributed by atoms with Gasteiger partial charge in [0.15, 0.2) is 0 Å². The second kappa shape index (κ2) is 3.86. The van der Waals surface area contributed by atoms with Crippen LogP contribution in [0.2, 0.25) is 0 Å². The molecular weight excluding hydrogens is 236 g/mol. The zero-order valence-corrected chi connectivity index (χ0v) is 12.7. The van der Waals surface area contributed by atoms with E-state index in [1.165, 1.54) is 31.8 Å². The number of rotatable bonds is 1. The lowest BCUT2D eigenvalue weighted by atomic mass is 9.63. The van der Waals surface area contributed by atoms with Crippen molar-refractivity contribution in [2.24, 2.45) is 28.6 Å². The van der Waals surface area contributed by atoms with Gasteiger partial charge in [-0.15, -0.1) is 0 Å². The summed E-state index contributed by atoms with van der Waals surface area (Å²) in [7, 11) is 0. The maximum atomic E-state index is 11.3. The molecule has 3 fully saturated rings. The highest BCUT2D eigenvalue weighted by Crippen LogP contribution is 2.71. The second-order valence-corrected chi connectivity index (χ2v) is 7.76. The molecule has 3 aliphatic carbocycles. The Morgan fingerprint density at radius 3 is 2.68 bits per heavy atom. The Bertz CT molecular complexity index is 441. The molecule has 0 amide bonds. The number of fused-ring (bicyclic) bond motifs is 5. The first kappa shape index (κ1) is 13.2. The molecule has 0 aromatic rings. The molecule has 0 aromatic heterocycles. The molecule has 19 heavy (non-hydrogen) atoms. The lowest BCUT2D eigenvalue weighted by Crippen LogP contribution is -2.39. The zero-order chi connectivity index (χ0) is 14.0. The molecule has 0 N–H and O–H groups in total. The highest BCUT2D eigenvalue weighted by molar-refractivity contribution is 5.66.